The SMILES string of the molecule is Nc1ncc(Cc2c(Cl)cc(Br)cc2Cl)s1. The largest absolute Gasteiger partial charge is 0.375 e. The molecule has 0 radical (unpaired) electrons. The van der Waals surface area contributed by atoms with Gasteiger partial charge in [-0.3, -0.25) is 0 Å². The summed E-state index contributed by atoms with van der Waals surface area (Å²) in [6, 6.07) is 3.65. The van der Waals surface area contributed by atoms with Crippen molar-refractivity contribution in [3.63, 3.8) is 0 Å². The molecule has 2 N–H and O–H groups in total. The zero-order chi connectivity index (χ0) is 11.7. The van der Waals surface area contributed by atoms with E-state index in [1.165, 1.54) is 11.3 Å². The number of hydrogen-bond acceptors (Lipinski definition) is 3. The average molecular weight is 338 g/mol. The number of rotatable bonds is 2. The van der Waals surface area contributed by atoms with Gasteiger partial charge >= 0.3 is 0 Å². The van der Waals surface area contributed by atoms with Gasteiger partial charge in [-0.25, -0.2) is 4.98 Å². The lowest BCUT2D eigenvalue weighted by molar-refractivity contribution is 1.22. The molecule has 6 heteroatoms. The fourth-order valence-corrected chi connectivity index (χ4v) is 3.36. The fraction of sp³-hybridized carbons (Fsp3) is 0.100. The van der Waals surface area contributed by atoms with Crippen molar-refractivity contribution in [2.45, 2.75) is 6.42 Å². The molecule has 0 aliphatic rings. The number of halogens is 3. The highest BCUT2D eigenvalue weighted by Gasteiger charge is 2.10. The number of aromatic nitrogens is 1. The molecule has 0 atom stereocenters. The lowest BCUT2D eigenvalue weighted by Gasteiger charge is -2.06. The van der Waals surface area contributed by atoms with Crippen molar-refractivity contribution in [3.05, 3.63) is 43.3 Å². The van der Waals surface area contributed by atoms with Crippen LogP contribution in [0.3, 0.4) is 0 Å². The van der Waals surface area contributed by atoms with Crippen LogP contribution in [0.25, 0.3) is 0 Å². The normalized spacial score (nSPS) is 10.7. The summed E-state index contributed by atoms with van der Waals surface area (Å²) in [5.74, 6) is 0. The molecule has 1 aromatic carbocycles. The fourth-order valence-electron chi connectivity index (χ4n) is 1.32. The van der Waals surface area contributed by atoms with E-state index in [4.69, 9.17) is 28.9 Å². The van der Waals surface area contributed by atoms with Gasteiger partial charge in [0.15, 0.2) is 5.13 Å². The predicted molar refractivity (Wildman–Crippen MR) is 73.5 cm³/mol. The summed E-state index contributed by atoms with van der Waals surface area (Å²) < 4.78 is 0.870. The maximum Gasteiger partial charge on any atom is 0.180 e. The van der Waals surface area contributed by atoms with E-state index in [0.29, 0.717) is 21.6 Å². The summed E-state index contributed by atoms with van der Waals surface area (Å²) in [5.41, 5.74) is 6.46. The van der Waals surface area contributed by atoms with Crippen LogP contribution in [0.1, 0.15) is 10.4 Å². The van der Waals surface area contributed by atoms with E-state index in [1.807, 2.05) is 12.1 Å². The van der Waals surface area contributed by atoms with Crippen LogP contribution in [-0.4, -0.2) is 4.98 Å². The molecule has 2 aromatic rings. The molecule has 0 saturated carbocycles. The van der Waals surface area contributed by atoms with Crippen LogP contribution in [0.15, 0.2) is 22.8 Å². The van der Waals surface area contributed by atoms with Gasteiger partial charge in [-0.15, -0.1) is 11.3 Å². The summed E-state index contributed by atoms with van der Waals surface area (Å²) in [6.07, 6.45) is 2.40. The topological polar surface area (TPSA) is 38.9 Å². The van der Waals surface area contributed by atoms with Crippen LogP contribution in [0, 0.1) is 0 Å². The summed E-state index contributed by atoms with van der Waals surface area (Å²) >= 11 is 17.0. The first-order chi connectivity index (χ1) is 7.56. The Hall–Kier alpha value is -0.290. The van der Waals surface area contributed by atoms with Crippen molar-refractivity contribution < 1.29 is 0 Å². The van der Waals surface area contributed by atoms with E-state index in [2.05, 4.69) is 20.9 Å². The van der Waals surface area contributed by atoms with Gasteiger partial charge in [0.05, 0.1) is 0 Å². The molecule has 0 amide bonds. The third-order valence-electron chi connectivity index (χ3n) is 2.03. The molecular formula is C10H7BrCl2N2S. The highest BCUT2D eigenvalue weighted by Crippen LogP contribution is 2.32. The molecule has 0 bridgehead atoms. The molecule has 2 nitrogen and oxygen atoms in total. The lowest BCUT2D eigenvalue weighted by Crippen LogP contribution is -1.88. The van der Waals surface area contributed by atoms with Crippen LogP contribution in [0.4, 0.5) is 5.13 Å². The van der Waals surface area contributed by atoms with Gasteiger partial charge in [0.2, 0.25) is 0 Å². The summed E-state index contributed by atoms with van der Waals surface area (Å²) in [4.78, 5) is 5.04. The third-order valence-corrected chi connectivity index (χ3v) is 3.99. The van der Waals surface area contributed by atoms with E-state index in [9.17, 15) is 0 Å². The van der Waals surface area contributed by atoms with Gasteiger partial charge in [0.1, 0.15) is 0 Å². The quantitative estimate of drug-likeness (QED) is 0.882. The Morgan fingerprint density at radius 3 is 2.44 bits per heavy atom. The van der Waals surface area contributed by atoms with Gasteiger partial charge in [-0.05, 0) is 17.7 Å². The van der Waals surface area contributed by atoms with Gasteiger partial charge in [0.25, 0.3) is 0 Å². The number of nitrogens with zero attached hydrogens (tertiary/aromatic N) is 1. The minimum absolute atomic E-state index is 0.555. The van der Waals surface area contributed by atoms with Crippen molar-refractivity contribution in [3.8, 4) is 0 Å². The second-order valence-corrected chi connectivity index (χ2v) is 6.07. The molecule has 2 rings (SSSR count). The Morgan fingerprint density at radius 2 is 1.94 bits per heavy atom. The predicted octanol–water partition coefficient (Wildman–Crippen LogP) is 4.39. The zero-order valence-electron chi connectivity index (χ0n) is 8.01. The Balaban J connectivity index is 2.34. The summed E-state index contributed by atoms with van der Waals surface area (Å²) in [5, 5.41) is 1.84. The minimum atomic E-state index is 0.555. The number of benzene rings is 1. The molecule has 0 fully saturated rings. The molecule has 1 aromatic heterocycles. The van der Waals surface area contributed by atoms with Gasteiger partial charge in [-0.1, -0.05) is 39.1 Å². The Bertz CT molecular complexity index is 504. The van der Waals surface area contributed by atoms with E-state index >= 15 is 0 Å². The minimum Gasteiger partial charge on any atom is -0.375 e. The van der Waals surface area contributed by atoms with Crippen LogP contribution < -0.4 is 5.73 Å². The molecule has 0 unspecified atom stereocenters. The molecule has 84 valence electrons. The van der Waals surface area contributed by atoms with Gasteiger partial charge in [0, 0.05) is 32.0 Å². The number of hydrogen-bond donors (Lipinski definition) is 1. The molecule has 0 aliphatic heterocycles. The third kappa shape index (κ3) is 2.69. The molecule has 0 aliphatic carbocycles. The monoisotopic (exact) mass is 336 g/mol. The average Bonchev–Trinajstić information content (AvgIpc) is 2.58. The number of anilines is 1. The second kappa shape index (κ2) is 4.92. The van der Waals surface area contributed by atoms with E-state index < -0.39 is 0 Å². The number of thiazole rings is 1. The van der Waals surface area contributed by atoms with Crippen molar-refractivity contribution in [1.29, 1.82) is 0 Å². The standard InChI is InChI=1S/C10H7BrCl2N2S/c11-5-1-8(12)7(9(13)2-5)3-6-4-15-10(14)16-6/h1-2,4H,3H2,(H2,14,15). The first-order valence-electron chi connectivity index (χ1n) is 4.40. The van der Waals surface area contributed by atoms with Crippen molar-refractivity contribution in [2.75, 3.05) is 5.73 Å². The van der Waals surface area contributed by atoms with E-state index in [-0.39, 0.29) is 0 Å². The second-order valence-electron chi connectivity index (χ2n) is 3.19. The Labute approximate surface area is 116 Å². The van der Waals surface area contributed by atoms with Crippen LogP contribution in [0.5, 0.6) is 0 Å². The smallest absolute Gasteiger partial charge is 0.180 e. The molecule has 16 heavy (non-hydrogen) atoms. The van der Waals surface area contributed by atoms with Gasteiger partial charge in [-0.2, -0.15) is 0 Å². The summed E-state index contributed by atoms with van der Waals surface area (Å²) in [6.45, 7) is 0. The molecule has 0 saturated heterocycles. The highest BCUT2D eigenvalue weighted by molar-refractivity contribution is 9.10. The van der Waals surface area contributed by atoms with Crippen LogP contribution in [0.2, 0.25) is 10.0 Å². The lowest BCUT2D eigenvalue weighted by atomic mass is 10.1. The zero-order valence-corrected chi connectivity index (χ0v) is 11.9. The Morgan fingerprint density at radius 1 is 1.31 bits per heavy atom. The molecule has 1 heterocycles. The van der Waals surface area contributed by atoms with Crippen LogP contribution >= 0.6 is 50.5 Å². The molecule has 0 spiro atoms. The van der Waals surface area contributed by atoms with Crippen LogP contribution in [-0.2, 0) is 6.42 Å². The van der Waals surface area contributed by atoms with Crippen molar-refractivity contribution in [2.24, 2.45) is 0 Å². The maximum atomic E-state index is 6.13. The van der Waals surface area contributed by atoms with Crippen molar-refractivity contribution in [1.82, 2.24) is 4.98 Å². The first-order valence-corrected chi connectivity index (χ1v) is 6.76. The highest BCUT2D eigenvalue weighted by atomic mass is 79.9. The maximum absolute atomic E-state index is 6.13. The van der Waals surface area contributed by atoms with E-state index in [0.717, 1.165) is 14.9 Å². The number of nitrogen functional groups attached to an aromatic ring is 1. The van der Waals surface area contributed by atoms with Gasteiger partial charge < -0.3 is 5.73 Å². The Kier molecular flexibility index (Phi) is 3.74. The number of nitrogens with two attached hydrogens (primary N) is 1. The molecular weight excluding hydrogens is 331 g/mol. The first kappa shape index (κ1) is 12.2. The van der Waals surface area contributed by atoms with E-state index in [1.54, 1.807) is 6.20 Å². The summed E-state index contributed by atoms with van der Waals surface area (Å²) in [7, 11) is 0. The van der Waals surface area contributed by atoms with Crippen molar-refractivity contribution >= 4 is 55.6 Å².